The largest absolute Gasteiger partial charge is 0.387 e. The molecule has 0 aliphatic rings. The van der Waals surface area contributed by atoms with Crippen LogP contribution in [0.2, 0.25) is 0 Å². The molecule has 1 heterocycles. The van der Waals surface area contributed by atoms with Crippen LogP contribution < -0.4 is 9.86 Å². The molecule has 1 unspecified atom stereocenters. The average molecular weight is 272 g/mol. The van der Waals surface area contributed by atoms with Crippen molar-refractivity contribution in [3.05, 3.63) is 35.2 Å². The Morgan fingerprint density at radius 2 is 2.12 bits per heavy atom. The molecule has 0 bridgehead atoms. The maximum Gasteiger partial charge on any atom is 0.274 e. The molecule has 7 heteroatoms. The number of thiophene rings is 1. The van der Waals surface area contributed by atoms with Crippen molar-refractivity contribution < 1.29 is 13.5 Å². The number of hydrogen-bond donors (Lipinski definition) is 3. The number of nitrogens with one attached hydrogen (secondary N) is 1. The lowest BCUT2D eigenvalue weighted by atomic mass is 10.1. The van der Waals surface area contributed by atoms with Gasteiger partial charge in [-0.15, -0.1) is 11.3 Å². The molecule has 0 amide bonds. The van der Waals surface area contributed by atoms with Gasteiger partial charge in [0.2, 0.25) is 0 Å². The molecule has 0 fully saturated rings. The molecule has 17 heavy (non-hydrogen) atoms. The van der Waals surface area contributed by atoms with E-state index in [1.807, 2.05) is 29.6 Å². The highest BCUT2D eigenvalue weighted by atomic mass is 32.2. The predicted octanol–water partition coefficient (Wildman–Crippen LogP) is 0.728. The second-order valence-electron chi connectivity index (χ2n) is 3.60. The Hall–Kier alpha value is -0.990. The second-order valence-corrected chi connectivity index (χ2v) is 5.89. The first-order valence-electron chi connectivity index (χ1n) is 4.89. The van der Waals surface area contributed by atoms with Gasteiger partial charge in [-0.25, -0.2) is 5.14 Å². The van der Waals surface area contributed by atoms with Crippen molar-refractivity contribution in [2.75, 3.05) is 6.54 Å². The Kier molecular flexibility index (Phi) is 3.45. The van der Waals surface area contributed by atoms with Crippen LogP contribution in [0.3, 0.4) is 0 Å². The molecule has 0 radical (unpaired) electrons. The number of benzene rings is 1. The number of nitrogens with two attached hydrogens (primary N) is 1. The van der Waals surface area contributed by atoms with Gasteiger partial charge in [-0.2, -0.15) is 13.1 Å². The van der Waals surface area contributed by atoms with Crippen LogP contribution in [0.1, 0.15) is 11.7 Å². The molecule has 0 saturated heterocycles. The fraction of sp³-hybridized carbons (Fsp3) is 0.200. The minimum atomic E-state index is -3.77. The van der Waals surface area contributed by atoms with Gasteiger partial charge in [-0.3, -0.25) is 0 Å². The van der Waals surface area contributed by atoms with Gasteiger partial charge >= 0.3 is 0 Å². The lowest BCUT2D eigenvalue weighted by Crippen LogP contribution is -2.34. The van der Waals surface area contributed by atoms with Gasteiger partial charge in [0.05, 0.1) is 6.10 Å². The Balaban J connectivity index is 2.22. The summed E-state index contributed by atoms with van der Waals surface area (Å²) in [6.07, 6.45) is -0.899. The van der Waals surface area contributed by atoms with E-state index in [0.29, 0.717) is 5.56 Å². The van der Waals surface area contributed by atoms with Crippen molar-refractivity contribution in [2.45, 2.75) is 6.10 Å². The third-order valence-electron chi connectivity index (χ3n) is 2.35. The van der Waals surface area contributed by atoms with Gasteiger partial charge in [-0.1, -0.05) is 18.2 Å². The number of fused-ring (bicyclic) bond motifs is 1. The minimum absolute atomic E-state index is 0.125. The van der Waals surface area contributed by atoms with Gasteiger partial charge in [0.1, 0.15) is 0 Å². The molecule has 2 aromatic rings. The third kappa shape index (κ3) is 3.02. The van der Waals surface area contributed by atoms with Crippen LogP contribution >= 0.6 is 11.3 Å². The van der Waals surface area contributed by atoms with Crippen molar-refractivity contribution in [1.29, 1.82) is 0 Å². The Labute approximate surface area is 103 Å². The summed E-state index contributed by atoms with van der Waals surface area (Å²) in [5.74, 6) is 0. The molecule has 0 saturated carbocycles. The summed E-state index contributed by atoms with van der Waals surface area (Å²) in [5, 5.41) is 17.4. The molecular weight excluding hydrogens is 260 g/mol. The highest BCUT2D eigenvalue weighted by Crippen LogP contribution is 2.29. The van der Waals surface area contributed by atoms with Crippen LogP contribution in [0.4, 0.5) is 0 Å². The van der Waals surface area contributed by atoms with Crippen molar-refractivity contribution in [3.63, 3.8) is 0 Å². The standard InChI is InChI=1S/C10H12N2O3S2/c11-17(14,15)12-5-9(13)8-6-16-10-4-2-1-3-7(8)10/h1-4,6,9,12-13H,5H2,(H2,11,14,15). The van der Waals surface area contributed by atoms with Crippen molar-refractivity contribution in [1.82, 2.24) is 4.72 Å². The fourth-order valence-electron chi connectivity index (χ4n) is 1.56. The minimum Gasteiger partial charge on any atom is -0.387 e. The fourth-order valence-corrected chi connectivity index (χ4v) is 2.96. The molecule has 5 nitrogen and oxygen atoms in total. The maximum atomic E-state index is 10.7. The SMILES string of the molecule is NS(=O)(=O)NCC(O)c1csc2ccccc12. The van der Waals surface area contributed by atoms with Crippen LogP contribution in [0.25, 0.3) is 10.1 Å². The molecule has 92 valence electrons. The maximum absolute atomic E-state index is 10.7. The lowest BCUT2D eigenvalue weighted by Gasteiger charge is -2.09. The van der Waals surface area contributed by atoms with Crippen LogP contribution in [0, 0.1) is 0 Å². The van der Waals surface area contributed by atoms with E-state index in [-0.39, 0.29) is 6.54 Å². The Morgan fingerprint density at radius 3 is 2.82 bits per heavy atom. The summed E-state index contributed by atoms with van der Waals surface area (Å²) < 4.78 is 24.6. The average Bonchev–Trinajstić information content (AvgIpc) is 2.68. The summed E-state index contributed by atoms with van der Waals surface area (Å²) in [5.41, 5.74) is 0.710. The quantitative estimate of drug-likeness (QED) is 0.766. The summed E-state index contributed by atoms with van der Waals surface area (Å²) in [4.78, 5) is 0. The highest BCUT2D eigenvalue weighted by molar-refractivity contribution is 7.87. The van der Waals surface area contributed by atoms with Crippen molar-refractivity contribution in [2.24, 2.45) is 5.14 Å². The normalized spacial score (nSPS) is 14.0. The highest BCUT2D eigenvalue weighted by Gasteiger charge is 2.14. The van der Waals surface area contributed by atoms with E-state index < -0.39 is 16.3 Å². The van der Waals surface area contributed by atoms with Gasteiger partial charge in [0, 0.05) is 16.8 Å². The topological polar surface area (TPSA) is 92.4 Å². The first kappa shape index (κ1) is 12.5. The summed E-state index contributed by atoms with van der Waals surface area (Å²) in [6.45, 7) is -0.125. The van der Waals surface area contributed by atoms with Crippen LogP contribution in [-0.4, -0.2) is 20.1 Å². The summed E-state index contributed by atoms with van der Waals surface area (Å²) in [7, 11) is -3.77. The van der Waals surface area contributed by atoms with Gasteiger partial charge in [-0.05, 0) is 16.8 Å². The summed E-state index contributed by atoms with van der Waals surface area (Å²) in [6, 6.07) is 7.63. The molecule has 2 rings (SSSR count). The Morgan fingerprint density at radius 1 is 1.41 bits per heavy atom. The molecule has 1 aromatic carbocycles. The zero-order valence-electron chi connectivity index (χ0n) is 8.83. The first-order valence-corrected chi connectivity index (χ1v) is 7.31. The van der Waals surface area contributed by atoms with E-state index in [2.05, 4.69) is 4.72 Å². The number of hydrogen-bond acceptors (Lipinski definition) is 4. The van der Waals surface area contributed by atoms with E-state index in [1.165, 1.54) is 11.3 Å². The van der Waals surface area contributed by atoms with Crippen LogP contribution in [0.5, 0.6) is 0 Å². The monoisotopic (exact) mass is 272 g/mol. The molecule has 1 atom stereocenters. The van der Waals surface area contributed by atoms with E-state index in [4.69, 9.17) is 5.14 Å². The van der Waals surface area contributed by atoms with Crippen LogP contribution in [0.15, 0.2) is 29.6 Å². The van der Waals surface area contributed by atoms with Gasteiger partial charge in [0.15, 0.2) is 0 Å². The predicted molar refractivity (Wildman–Crippen MR) is 67.9 cm³/mol. The molecular formula is C10H12N2O3S2. The third-order valence-corrected chi connectivity index (χ3v) is 3.90. The van der Waals surface area contributed by atoms with Crippen molar-refractivity contribution >= 4 is 31.6 Å². The van der Waals surface area contributed by atoms with E-state index in [1.54, 1.807) is 0 Å². The smallest absolute Gasteiger partial charge is 0.274 e. The van der Waals surface area contributed by atoms with E-state index >= 15 is 0 Å². The van der Waals surface area contributed by atoms with E-state index in [9.17, 15) is 13.5 Å². The molecule has 0 aliphatic carbocycles. The second kappa shape index (κ2) is 4.71. The zero-order chi connectivity index (χ0) is 12.5. The zero-order valence-corrected chi connectivity index (χ0v) is 10.5. The molecule has 0 spiro atoms. The van der Waals surface area contributed by atoms with Gasteiger partial charge < -0.3 is 5.11 Å². The van der Waals surface area contributed by atoms with E-state index in [0.717, 1.165) is 10.1 Å². The lowest BCUT2D eigenvalue weighted by molar-refractivity contribution is 0.184. The van der Waals surface area contributed by atoms with Crippen LogP contribution in [-0.2, 0) is 10.2 Å². The number of aliphatic hydroxyl groups excluding tert-OH is 1. The molecule has 4 N–H and O–H groups in total. The summed E-state index contributed by atoms with van der Waals surface area (Å²) >= 11 is 1.51. The molecule has 0 aliphatic heterocycles. The first-order chi connectivity index (χ1) is 7.97. The van der Waals surface area contributed by atoms with Gasteiger partial charge in [0.25, 0.3) is 10.2 Å². The molecule has 1 aromatic heterocycles. The number of rotatable bonds is 4. The number of aliphatic hydroxyl groups is 1. The van der Waals surface area contributed by atoms with Crippen molar-refractivity contribution in [3.8, 4) is 0 Å². The Bertz CT molecular complexity index is 621.